The van der Waals surface area contributed by atoms with Crippen molar-refractivity contribution >= 4 is 34.7 Å². The first-order valence-electron chi connectivity index (χ1n) is 19.3. The molecule has 1 atom stereocenters. The van der Waals surface area contributed by atoms with Crippen LogP contribution in [-0.4, -0.2) is 78.4 Å². The topological polar surface area (TPSA) is 144 Å². The van der Waals surface area contributed by atoms with Gasteiger partial charge in [0.05, 0.1) is 23.6 Å². The number of nitrogens with zero attached hydrogens (tertiary/aromatic N) is 6. The van der Waals surface area contributed by atoms with Crippen LogP contribution in [0.1, 0.15) is 104 Å². The molecule has 5 aromatic rings. The zero-order valence-electron chi connectivity index (χ0n) is 31.2. The molecule has 1 aromatic carbocycles. The number of ether oxygens (including phenoxy) is 2. The Labute approximate surface area is 314 Å². The molecule has 0 radical (unpaired) electrons. The van der Waals surface area contributed by atoms with E-state index >= 15 is 0 Å². The van der Waals surface area contributed by atoms with Gasteiger partial charge in [0.15, 0.2) is 11.8 Å². The van der Waals surface area contributed by atoms with Crippen molar-refractivity contribution in [1.29, 1.82) is 0 Å². The summed E-state index contributed by atoms with van der Waals surface area (Å²) in [5.74, 6) is 1.85. The third-order valence-electron chi connectivity index (χ3n) is 11.1. The van der Waals surface area contributed by atoms with Crippen LogP contribution in [-0.2, 0) is 9.59 Å². The van der Waals surface area contributed by atoms with Crippen molar-refractivity contribution in [3.05, 3.63) is 83.7 Å². The highest BCUT2D eigenvalue weighted by Crippen LogP contribution is 2.38. The number of amides is 3. The molecular weight excluding hydrogens is 685 g/mol. The molecule has 282 valence electrons. The fraction of sp³-hybridized carbons (Fsp3) is 0.463. The van der Waals surface area contributed by atoms with E-state index in [9.17, 15) is 14.4 Å². The number of likely N-dealkylation sites (tertiary alicyclic amines) is 1. The van der Waals surface area contributed by atoms with Gasteiger partial charge >= 0.3 is 0 Å². The Morgan fingerprint density at radius 3 is 2.48 bits per heavy atom. The van der Waals surface area contributed by atoms with E-state index in [2.05, 4.69) is 43.9 Å². The van der Waals surface area contributed by atoms with Crippen LogP contribution in [0.3, 0.4) is 0 Å². The number of carbonyl (C=O) groups excluding carboxylic acids is 3. The third kappa shape index (κ3) is 7.82. The summed E-state index contributed by atoms with van der Waals surface area (Å²) in [5.41, 5.74) is 5.67. The number of anilines is 1. The number of aryl methyl sites for hydroxylation is 1. The lowest BCUT2D eigenvalue weighted by atomic mass is 9.80. The van der Waals surface area contributed by atoms with E-state index in [4.69, 9.17) is 14.5 Å². The van der Waals surface area contributed by atoms with Crippen LogP contribution in [0.25, 0.3) is 11.3 Å². The van der Waals surface area contributed by atoms with Gasteiger partial charge in [0.1, 0.15) is 22.8 Å². The van der Waals surface area contributed by atoms with E-state index in [0.717, 1.165) is 62.2 Å². The summed E-state index contributed by atoms with van der Waals surface area (Å²) in [6.45, 7) is 9.17. The van der Waals surface area contributed by atoms with Crippen LogP contribution in [0, 0.1) is 12.8 Å². The number of carbonyl (C=O) groups is 3. The third-order valence-corrected chi connectivity index (χ3v) is 11.1. The smallest absolute Gasteiger partial charge is 0.267 e. The second-order valence-electron chi connectivity index (χ2n) is 15.5. The molecule has 3 fully saturated rings. The summed E-state index contributed by atoms with van der Waals surface area (Å²) in [6, 6.07) is 10.0. The zero-order valence-corrected chi connectivity index (χ0v) is 31.2. The van der Waals surface area contributed by atoms with Crippen LogP contribution in [0.4, 0.5) is 5.69 Å². The van der Waals surface area contributed by atoms with Gasteiger partial charge in [-0.1, -0.05) is 12.1 Å². The molecule has 8 rings (SSSR count). The number of benzene rings is 1. The molecule has 0 bridgehead atoms. The second kappa shape index (κ2) is 15.2. The second-order valence-corrected chi connectivity index (χ2v) is 15.5. The molecule has 13 heteroatoms. The maximum atomic E-state index is 13.6. The van der Waals surface area contributed by atoms with E-state index in [0.29, 0.717) is 59.0 Å². The van der Waals surface area contributed by atoms with E-state index in [-0.39, 0.29) is 23.8 Å². The lowest BCUT2D eigenvalue weighted by molar-refractivity contribution is -0.138. The Morgan fingerprint density at radius 1 is 0.963 bits per heavy atom. The first-order chi connectivity index (χ1) is 26.1. The summed E-state index contributed by atoms with van der Waals surface area (Å²) in [5, 5.41) is 9.69. The fourth-order valence-corrected chi connectivity index (χ4v) is 8.22. The lowest BCUT2D eigenvalue weighted by Gasteiger charge is -2.36. The van der Waals surface area contributed by atoms with Gasteiger partial charge in [0.25, 0.3) is 11.8 Å². The zero-order chi connectivity index (χ0) is 37.3. The van der Waals surface area contributed by atoms with Crippen molar-refractivity contribution in [3.63, 3.8) is 0 Å². The number of fused-ring (bicyclic) bond motifs is 2. The number of aromatic nitrogens is 5. The predicted molar refractivity (Wildman–Crippen MR) is 203 cm³/mol. The van der Waals surface area contributed by atoms with Gasteiger partial charge in [0, 0.05) is 56.2 Å². The largest absolute Gasteiger partial charge is 0.490 e. The molecule has 6 heterocycles. The molecule has 0 spiro atoms. The fourth-order valence-electron chi connectivity index (χ4n) is 8.22. The SMILES string of the molecule is Cc1cnc2c(NC(=O)c3cn4cc([C@H]5CC[C@H](CN6CCC(c7ccc(OC8CCC(=O)NC8=O)cc7)CC6)CC5)nc4cc3OC(C)C)cnn2c1. The van der Waals surface area contributed by atoms with Gasteiger partial charge in [-0.25, -0.2) is 14.5 Å². The quantitative estimate of drug-likeness (QED) is 0.164. The standard InChI is InChI=1S/C41H48N8O5/c1-25(2)53-36-18-37-44-34(24-48(37)23-32(36)40(51)45-33-20-43-49-21-26(3)19-42-39(33)49)30-6-4-27(5-7-30)22-47-16-14-29(15-17-47)28-8-10-31(11-9-28)54-35-12-13-38(50)46-41(35)52/h8-11,18-21,23-25,27,29-30,35H,4-7,12-17,22H2,1-3H3,(H,45,51)(H,46,50,52)/t27-,30-,35?. The van der Waals surface area contributed by atoms with Crippen molar-refractivity contribution in [2.75, 3.05) is 25.0 Å². The summed E-state index contributed by atoms with van der Waals surface area (Å²) in [7, 11) is 0. The Morgan fingerprint density at radius 2 is 1.74 bits per heavy atom. The molecule has 4 aromatic heterocycles. The van der Waals surface area contributed by atoms with E-state index < -0.39 is 6.10 Å². The van der Waals surface area contributed by atoms with Crippen molar-refractivity contribution < 1.29 is 23.9 Å². The molecule has 1 aliphatic carbocycles. The average molecular weight is 733 g/mol. The average Bonchev–Trinajstić information content (AvgIpc) is 3.76. The van der Waals surface area contributed by atoms with Gasteiger partial charge < -0.3 is 24.1 Å². The monoisotopic (exact) mass is 732 g/mol. The Hall–Kier alpha value is -5.30. The Bertz CT molecular complexity index is 2160. The molecule has 3 aliphatic rings. The molecule has 3 amide bonds. The first-order valence-corrected chi connectivity index (χ1v) is 19.3. The minimum atomic E-state index is -0.615. The number of nitrogens with one attached hydrogen (secondary N) is 2. The number of piperidine rings is 2. The minimum absolute atomic E-state index is 0.115. The maximum Gasteiger partial charge on any atom is 0.267 e. The van der Waals surface area contributed by atoms with Crippen molar-refractivity contribution in [2.24, 2.45) is 5.92 Å². The molecule has 1 saturated carbocycles. The summed E-state index contributed by atoms with van der Waals surface area (Å²) >= 11 is 0. The Kier molecular flexibility index (Phi) is 10.1. The van der Waals surface area contributed by atoms with Gasteiger partial charge in [0.2, 0.25) is 5.91 Å². The van der Waals surface area contributed by atoms with Gasteiger partial charge in [-0.2, -0.15) is 5.10 Å². The van der Waals surface area contributed by atoms with Gasteiger partial charge in [-0.15, -0.1) is 0 Å². The van der Waals surface area contributed by atoms with Gasteiger partial charge in [-0.3, -0.25) is 19.7 Å². The van der Waals surface area contributed by atoms with Crippen LogP contribution >= 0.6 is 0 Å². The minimum Gasteiger partial charge on any atom is -0.490 e. The van der Waals surface area contributed by atoms with Crippen LogP contribution < -0.4 is 20.1 Å². The summed E-state index contributed by atoms with van der Waals surface area (Å²) in [6.07, 6.45) is 15.9. The van der Waals surface area contributed by atoms with E-state index in [1.165, 1.54) is 18.4 Å². The summed E-state index contributed by atoms with van der Waals surface area (Å²) < 4.78 is 15.6. The van der Waals surface area contributed by atoms with Crippen LogP contribution in [0.15, 0.2) is 61.3 Å². The van der Waals surface area contributed by atoms with Crippen molar-refractivity contribution in [1.82, 2.24) is 34.2 Å². The normalized spacial score (nSPS) is 21.4. The number of imidazole rings is 1. The number of hydrogen-bond acceptors (Lipinski definition) is 9. The predicted octanol–water partition coefficient (Wildman–Crippen LogP) is 6.06. The number of pyridine rings is 1. The lowest BCUT2D eigenvalue weighted by Crippen LogP contribution is -2.46. The molecule has 2 saturated heterocycles. The Balaban J connectivity index is 0.845. The molecule has 13 nitrogen and oxygen atoms in total. The molecular formula is C41H48N8O5. The number of rotatable bonds is 10. The van der Waals surface area contributed by atoms with E-state index in [1.54, 1.807) is 16.9 Å². The van der Waals surface area contributed by atoms with E-state index in [1.807, 2.05) is 55.8 Å². The highest BCUT2D eigenvalue weighted by Gasteiger charge is 2.30. The maximum absolute atomic E-state index is 13.6. The van der Waals surface area contributed by atoms with Gasteiger partial charge in [-0.05, 0) is 107 Å². The molecule has 2 N–H and O–H groups in total. The summed E-state index contributed by atoms with van der Waals surface area (Å²) in [4.78, 5) is 49.3. The van der Waals surface area contributed by atoms with Crippen LogP contribution in [0.5, 0.6) is 11.5 Å². The molecule has 54 heavy (non-hydrogen) atoms. The number of hydrogen-bond donors (Lipinski definition) is 2. The highest BCUT2D eigenvalue weighted by molar-refractivity contribution is 6.07. The van der Waals surface area contributed by atoms with Crippen LogP contribution in [0.2, 0.25) is 0 Å². The van der Waals surface area contributed by atoms with Crippen molar-refractivity contribution in [3.8, 4) is 11.5 Å². The highest BCUT2D eigenvalue weighted by atomic mass is 16.5. The molecule has 2 aliphatic heterocycles. The number of imide groups is 1. The molecule has 1 unspecified atom stereocenters. The first kappa shape index (κ1) is 35.7. The van der Waals surface area contributed by atoms with Crippen molar-refractivity contribution in [2.45, 2.75) is 96.2 Å².